The summed E-state index contributed by atoms with van der Waals surface area (Å²) in [7, 11) is 0. The minimum Gasteiger partial charge on any atom is -1.00 e. The Balaban J connectivity index is 0. The zero-order valence-corrected chi connectivity index (χ0v) is 9.95. The summed E-state index contributed by atoms with van der Waals surface area (Å²) in [4.78, 5) is 0. The monoisotopic (exact) mass is 290 g/mol. The van der Waals surface area contributed by atoms with Crippen molar-refractivity contribution in [3.05, 3.63) is 0 Å². The van der Waals surface area contributed by atoms with Crippen LogP contribution in [-0.2, 0) is 0 Å². The normalized spacial score (nSPS) is 7.86. The Morgan fingerprint density at radius 2 is 2.14 bits per heavy atom. The van der Waals surface area contributed by atoms with E-state index in [4.69, 9.17) is 0 Å². The minimum atomic E-state index is 0. The van der Waals surface area contributed by atoms with Crippen LogP contribution in [0.15, 0.2) is 0 Å². The second kappa shape index (κ2) is 10.9. The summed E-state index contributed by atoms with van der Waals surface area (Å²) in [5.74, 6) is 0. The molecule has 0 saturated heterocycles. The predicted octanol–water partition coefficient (Wildman–Crippen LogP) is -2.00. The first-order valence-corrected chi connectivity index (χ1v) is 9.45. The third-order valence-corrected chi connectivity index (χ3v) is 4.23. The van der Waals surface area contributed by atoms with Gasteiger partial charge in [0.2, 0.25) is 0 Å². The molecular weight excluding hydrogens is 280 g/mol. The van der Waals surface area contributed by atoms with E-state index in [0.717, 1.165) is 0 Å². The molecule has 0 N–H and O–H groups in total. The average molecular weight is 289 g/mol. The van der Waals surface area contributed by atoms with E-state index in [1.807, 2.05) is 0 Å². The summed E-state index contributed by atoms with van der Waals surface area (Å²) in [6, 6.07) is 0. The first-order chi connectivity index (χ1) is 2.91. The van der Waals surface area contributed by atoms with Gasteiger partial charge in [0.15, 0.2) is 0 Å². The van der Waals surface area contributed by atoms with Crippen molar-refractivity contribution in [2.24, 2.45) is 0 Å². The topological polar surface area (TPSA) is 0 Å². The standard InChI is InChI=1S/C4H10Te.BrH.Mg/c1-2-3-4-5;;/h5H,2-4H2,1H3;1H;/q;;+2/p-2. The Kier molecular flexibility index (Phi) is 18.4. The van der Waals surface area contributed by atoms with Crippen molar-refractivity contribution < 1.29 is 17.0 Å². The fourth-order valence-corrected chi connectivity index (χ4v) is 3.02. The molecule has 0 spiro atoms. The van der Waals surface area contributed by atoms with Gasteiger partial charge in [-0.1, -0.05) is 0 Å². The van der Waals surface area contributed by atoms with E-state index in [2.05, 4.69) is 24.8 Å². The van der Waals surface area contributed by atoms with Crippen molar-refractivity contribution in [2.75, 3.05) is 0 Å². The van der Waals surface area contributed by atoms with Crippen molar-refractivity contribution >= 4 is 35.1 Å². The fraction of sp³-hybridized carbons (Fsp3) is 1.00. The Morgan fingerprint density at radius 3 is 2.29 bits per heavy atom. The maximum Gasteiger partial charge on any atom is -1.00 e. The molecule has 0 radical (unpaired) electrons. The van der Waals surface area contributed by atoms with E-state index in [1.165, 1.54) is 12.8 Å². The minimum absolute atomic E-state index is 0. The van der Waals surface area contributed by atoms with Crippen LogP contribution < -0.4 is 17.0 Å². The van der Waals surface area contributed by atoms with Crippen molar-refractivity contribution in [1.29, 1.82) is 0 Å². The maximum absolute atomic E-state index is 2.26. The number of hydrogen-bond donors (Lipinski definition) is 0. The Bertz CT molecular complexity index is 23.7. The van der Waals surface area contributed by atoms with Gasteiger partial charge in [0.1, 0.15) is 0 Å². The van der Waals surface area contributed by atoms with Crippen LogP contribution in [0.5, 0.6) is 0 Å². The molecule has 0 fully saturated rings. The molecule has 40 valence electrons. The van der Waals surface area contributed by atoms with Gasteiger partial charge in [0.05, 0.1) is 0 Å². The Hall–Kier alpha value is 2.04. The Morgan fingerprint density at radius 1 is 1.57 bits per heavy atom. The summed E-state index contributed by atoms with van der Waals surface area (Å²) in [5, 5.41) is 0. The first-order valence-electron chi connectivity index (χ1n) is 2.28. The fourth-order valence-electron chi connectivity index (χ4n) is 0.246. The smallest absolute Gasteiger partial charge is 1.00 e. The second-order valence-electron chi connectivity index (χ2n) is 1.26. The molecule has 0 rings (SSSR count). The third-order valence-electron chi connectivity index (χ3n) is 0.642. The average Bonchev–Trinajstić information content (AvgIpc) is 1.61. The predicted molar refractivity (Wildman–Crippen MR) is 31.2 cm³/mol. The van der Waals surface area contributed by atoms with Crippen LogP contribution in [0, 0.1) is 0 Å². The van der Waals surface area contributed by atoms with Gasteiger partial charge in [-0.05, 0) is 0 Å². The van der Waals surface area contributed by atoms with Crippen LogP contribution in [-0.4, -0.2) is 35.1 Å². The maximum atomic E-state index is 2.26. The zero-order chi connectivity index (χ0) is 4.83. The van der Waals surface area contributed by atoms with E-state index in [1.54, 1.807) is 4.47 Å². The molecule has 0 unspecified atom stereocenters. The summed E-state index contributed by atoms with van der Waals surface area (Å²) < 4.78 is 1.56. The molecule has 0 heterocycles. The van der Waals surface area contributed by atoms with Gasteiger partial charge in [0.25, 0.3) is 0 Å². The van der Waals surface area contributed by atoms with Crippen LogP contribution in [0.4, 0.5) is 0 Å². The molecule has 0 amide bonds. The van der Waals surface area contributed by atoms with E-state index < -0.39 is 0 Å². The SMILES string of the molecule is CCCC[Te][Mg+].[Br-]. The molecule has 0 aliphatic carbocycles. The first kappa shape index (κ1) is 11.8. The molecule has 0 bridgehead atoms. The zero-order valence-electron chi connectivity index (χ0n) is 4.61. The summed E-state index contributed by atoms with van der Waals surface area (Å²) in [5.41, 5.74) is 0. The molecule has 0 atom stereocenters. The molecule has 3 heteroatoms. The van der Waals surface area contributed by atoms with Crippen molar-refractivity contribution in [1.82, 2.24) is 0 Å². The van der Waals surface area contributed by atoms with Crippen LogP contribution >= 0.6 is 0 Å². The summed E-state index contributed by atoms with van der Waals surface area (Å²) in [6.07, 6.45) is 2.87. The number of unbranched alkanes of at least 4 members (excludes halogenated alkanes) is 1. The number of rotatable bonds is 3. The van der Waals surface area contributed by atoms with Crippen LogP contribution in [0.3, 0.4) is 0 Å². The van der Waals surface area contributed by atoms with E-state index >= 15 is 0 Å². The second-order valence-corrected chi connectivity index (χ2v) is 6.33. The van der Waals surface area contributed by atoms with Gasteiger partial charge < -0.3 is 17.0 Å². The molecule has 0 aliphatic heterocycles. The van der Waals surface area contributed by atoms with Crippen molar-refractivity contribution in [2.45, 2.75) is 24.2 Å². The van der Waals surface area contributed by atoms with Gasteiger partial charge in [-0.3, -0.25) is 0 Å². The van der Waals surface area contributed by atoms with Gasteiger partial charge in [-0.2, -0.15) is 0 Å². The van der Waals surface area contributed by atoms with Crippen LogP contribution in [0.2, 0.25) is 4.47 Å². The molecule has 7 heavy (non-hydrogen) atoms. The third kappa shape index (κ3) is 11.5. The van der Waals surface area contributed by atoms with Crippen molar-refractivity contribution in [3.8, 4) is 0 Å². The molecular formula is C4H9BrMgTe. The number of hydrogen-bond acceptors (Lipinski definition) is 0. The quantitative estimate of drug-likeness (QED) is 0.416. The molecule has 0 aromatic heterocycles. The van der Waals surface area contributed by atoms with Crippen LogP contribution in [0.25, 0.3) is 0 Å². The van der Waals surface area contributed by atoms with Crippen LogP contribution in [0.1, 0.15) is 19.8 Å². The Labute approximate surface area is 75.4 Å². The van der Waals surface area contributed by atoms with Gasteiger partial charge in [0, 0.05) is 0 Å². The van der Waals surface area contributed by atoms with Gasteiger partial charge in [-0.15, -0.1) is 0 Å². The number of halogens is 1. The molecule has 0 saturated carbocycles. The van der Waals surface area contributed by atoms with E-state index in [-0.39, 0.29) is 17.0 Å². The molecule has 0 aromatic rings. The summed E-state index contributed by atoms with van der Waals surface area (Å²) in [6.45, 7) is 2.26. The van der Waals surface area contributed by atoms with E-state index in [9.17, 15) is 0 Å². The van der Waals surface area contributed by atoms with Gasteiger partial charge >= 0.3 is 59.3 Å². The molecule has 0 nitrogen and oxygen atoms in total. The van der Waals surface area contributed by atoms with Crippen molar-refractivity contribution in [3.63, 3.8) is 0 Å². The molecule has 0 aliphatic rings. The largest absolute Gasteiger partial charge is 1.00 e. The molecule has 0 aromatic carbocycles. The summed E-state index contributed by atoms with van der Waals surface area (Å²) >= 11 is 2.69. The van der Waals surface area contributed by atoms with Gasteiger partial charge in [-0.25, -0.2) is 0 Å². The van der Waals surface area contributed by atoms with E-state index in [0.29, 0.717) is 17.2 Å².